The van der Waals surface area contributed by atoms with Gasteiger partial charge in [-0.15, -0.1) is 0 Å². The summed E-state index contributed by atoms with van der Waals surface area (Å²) in [5, 5.41) is 4.42. The molecule has 0 amide bonds. The first kappa shape index (κ1) is 10.7. The van der Waals surface area contributed by atoms with Crippen LogP contribution in [0.3, 0.4) is 0 Å². The van der Waals surface area contributed by atoms with E-state index in [2.05, 4.69) is 41.4 Å². The molecule has 0 saturated heterocycles. The van der Waals surface area contributed by atoms with Crippen LogP contribution in [0.15, 0.2) is 24.3 Å². The molecule has 1 aromatic carbocycles. The first-order valence-corrected chi connectivity index (χ1v) is 5.39. The number of rotatable bonds is 2. The third-order valence-corrected chi connectivity index (χ3v) is 2.74. The molecule has 0 radical (unpaired) electrons. The molecule has 84 valence electrons. The van der Waals surface area contributed by atoms with E-state index in [1.807, 2.05) is 26.1 Å². The zero-order chi connectivity index (χ0) is 11.7. The Labute approximate surface area is 96.1 Å². The van der Waals surface area contributed by atoms with Gasteiger partial charge < -0.3 is 10.2 Å². The SMILES string of the molecule is CNc1c(C)nc2ccccc2c1N(C)C. The molecular weight excluding hydrogens is 198 g/mol. The van der Waals surface area contributed by atoms with E-state index < -0.39 is 0 Å². The average molecular weight is 215 g/mol. The molecule has 0 unspecified atom stereocenters. The summed E-state index contributed by atoms with van der Waals surface area (Å²) in [6.45, 7) is 2.03. The van der Waals surface area contributed by atoms with Crippen LogP contribution in [0.4, 0.5) is 11.4 Å². The monoisotopic (exact) mass is 215 g/mol. The van der Waals surface area contributed by atoms with Crippen LogP contribution in [0.1, 0.15) is 5.69 Å². The normalized spacial score (nSPS) is 10.5. The molecule has 0 bridgehead atoms. The Balaban J connectivity index is 2.87. The van der Waals surface area contributed by atoms with Crippen molar-refractivity contribution in [3.63, 3.8) is 0 Å². The second-order valence-electron chi connectivity index (χ2n) is 4.08. The minimum absolute atomic E-state index is 1.03. The molecule has 0 atom stereocenters. The third-order valence-electron chi connectivity index (χ3n) is 2.74. The van der Waals surface area contributed by atoms with Gasteiger partial charge in [-0.25, -0.2) is 0 Å². The minimum Gasteiger partial charge on any atom is -0.385 e. The quantitative estimate of drug-likeness (QED) is 0.834. The van der Waals surface area contributed by atoms with Gasteiger partial charge in [0.2, 0.25) is 0 Å². The number of nitrogens with one attached hydrogen (secondary N) is 1. The fraction of sp³-hybridized carbons (Fsp3) is 0.308. The van der Waals surface area contributed by atoms with Crippen LogP contribution in [0.25, 0.3) is 10.9 Å². The number of aryl methyl sites for hydroxylation is 1. The summed E-state index contributed by atoms with van der Waals surface area (Å²) in [5.41, 5.74) is 4.38. The summed E-state index contributed by atoms with van der Waals surface area (Å²) in [5.74, 6) is 0. The highest BCUT2D eigenvalue weighted by atomic mass is 15.1. The van der Waals surface area contributed by atoms with E-state index >= 15 is 0 Å². The van der Waals surface area contributed by atoms with Crippen molar-refractivity contribution in [1.29, 1.82) is 0 Å². The van der Waals surface area contributed by atoms with Gasteiger partial charge in [0.05, 0.1) is 22.6 Å². The Kier molecular flexibility index (Phi) is 2.69. The summed E-state index contributed by atoms with van der Waals surface area (Å²) in [6.07, 6.45) is 0. The largest absolute Gasteiger partial charge is 0.385 e. The van der Waals surface area contributed by atoms with Crippen LogP contribution in [-0.2, 0) is 0 Å². The van der Waals surface area contributed by atoms with Crippen LogP contribution in [0, 0.1) is 6.92 Å². The molecule has 1 aromatic heterocycles. The molecule has 16 heavy (non-hydrogen) atoms. The second kappa shape index (κ2) is 4.00. The number of hydrogen-bond acceptors (Lipinski definition) is 3. The van der Waals surface area contributed by atoms with Gasteiger partial charge in [-0.1, -0.05) is 18.2 Å². The van der Waals surface area contributed by atoms with Crippen LogP contribution in [-0.4, -0.2) is 26.1 Å². The molecule has 0 saturated carbocycles. The molecule has 0 spiro atoms. The van der Waals surface area contributed by atoms with Gasteiger partial charge in [-0.2, -0.15) is 0 Å². The Morgan fingerprint density at radius 2 is 1.88 bits per heavy atom. The number of nitrogens with zero attached hydrogens (tertiary/aromatic N) is 2. The second-order valence-corrected chi connectivity index (χ2v) is 4.08. The highest BCUT2D eigenvalue weighted by molar-refractivity contribution is 5.98. The first-order valence-electron chi connectivity index (χ1n) is 5.39. The van der Waals surface area contributed by atoms with Crippen LogP contribution in [0.2, 0.25) is 0 Å². The third kappa shape index (κ3) is 1.58. The molecule has 2 rings (SSSR count). The molecule has 2 aromatic rings. The molecule has 0 aliphatic rings. The molecule has 0 fully saturated rings. The number of aromatic nitrogens is 1. The van der Waals surface area contributed by atoms with Crippen LogP contribution in [0.5, 0.6) is 0 Å². The zero-order valence-electron chi connectivity index (χ0n) is 10.2. The Morgan fingerprint density at radius 1 is 1.19 bits per heavy atom. The number of hydrogen-bond donors (Lipinski definition) is 1. The molecule has 0 aliphatic heterocycles. The Bertz CT molecular complexity index is 518. The van der Waals surface area contributed by atoms with Crippen molar-refractivity contribution in [2.75, 3.05) is 31.4 Å². The van der Waals surface area contributed by atoms with Gasteiger partial charge in [-0.3, -0.25) is 4.98 Å². The number of para-hydroxylation sites is 1. The highest BCUT2D eigenvalue weighted by Gasteiger charge is 2.12. The van der Waals surface area contributed by atoms with E-state index in [0.717, 1.165) is 16.9 Å². The van der Waals surface area contributed by atoms with Crippen LogP contribution >= 0.6 is 0 Å². The first-order chi connectivity index (χ1) is 7.65. The lowest BCUT2D eigenvalue weighted by molar-refractivity contribution is 1.12. The highest BCUT2D eigenvalue weighted by Crippen LogP contribution is 2.34. The minimum atomic E-state index is 1.03. The van der Waals surface area contributed by atoms with Crippen molar-refractivity contribution in [2.24, 2.45) is 0 Å². The topological polar surface area (TPSA) is 28.2 Å². The van der Waals surface area contributed by atoms with E-state index in [9.17, 15) is 0 Å². The maximum absolute atomic E-state index is 4.60. The molecule has 0 aliphatic carbocycles. The molecule has 3 heteroatoms. The molecule has 3 nitrogen and oxygen atoms in total. The van der Waals surface area contributed by atoms with E-state index in [-0.39, 0.29) is 0 Å². The molecular formula is C13H17N3. The smallest absolute Gasteiger partial charge is 0.0798 e. The van der Waals surface area contributed by atoms with E-state index in [0.29, 0.717) is 0 Å². The van der Waals surface area contributed by atoms with Gasteiger partial charge in [0.15, 0.2) is 0 Å². The summed E-state index contributed by atoms with van der Waals surface area (Å²) < 4.78 is 0. The molecule has 1 N–H and O–H groups in total. The van der Waals surface area contributed by atoms with Gasteiger partial charge in [0.25, 0.3) is 0 Å². The standard InChI is InChI=1S/C13H17N3/c1-9-12(14-2)13(16(3)4)10-7-5-6-8-11(10)15-9/h5-8,14H,1-4H3. The predicted molar refractivity (Wildman–Crippen MR) is 70.4 cm³/mol. The number of fused-ring (bicyclic) bond motifs is 1. The summed E-state index contributed by atoms with van der Waals surface area (Å²) in [7, 11) is 6.05. The fourth-order valence-electron chi connectivity index (χ4n) is 2.08. The van der Waals surface area contributed by atoms with E-state index in [4.69, 9.17) is 0 Å². The lowest BCUT2D eigenvalue weighted by Crippen LogP contribution is -2.13. The maximum Gasteiger partial charge on any atom is 0.0798 e. The van der Waals surface area contributed by atoms with Crippen molar-refractivity contribution < 1.29 is 0 Å². The zero-order valence-corrected chi connectivity index (χ0v) is 10.2. The van der Waals surface area contributed by atoms with E-state index in [1.54, 1.807) is 0 Å². The van der Waals surface area contributed by atoms with E-state index in [1.165, 1.54) is 11.1 Å². The molecule has 1 heterocycles. The Morgan fingerprint density at radius 3 is 2.50 bits per heavy atom. The maximum atomic E-state index is 4.60. The van der Waals surface area contributed by atoms with Crippen molar-refractivity contribution >= 4 is 22.3 Å². The lowest BCUT2D eigenvalue weighted by Gasteiger charge is -2.21. The van der Waals surface area contributed by atoms with Gasteiger partial charge >= 0.3 is 0 Å². The lowest BCUT2D eigenvalue weighted by atomic mass is 10.1. The summed E-state index contributed by atoms with van der Waals surface area (Å²) >= 11 is 0. The van der Waals surface area contributed by atoms with Crippen molar-refractivity contribution in [3.8, 4) is 0 Å². The van der Waals surface area contributed by atoms with Crippen molar-refractivity contribution in [1.82, 2.24) is 4.98 Å². The Hall–Kier alpha value is -1.77. The summed E-state index contributed by atoms with van der Waals surface area (Å²) in [6, 6.07) is 8.23. The fourth-order valence-corrected chi connectivity index (χ4v) is 2.08. The predicted octanol–water partition coefficient (Wildman–Crippen LogP) is 2.65. The number of benzene rings is 1. The average Bonchev–Trinajstić information content (AvgIpc) is 2.26. The van der Waals surface area contributed by atoms with Gasteiger partial charge in [0, 0.05) is 26.5 Å². The van der Waals surface area contributed by atoms with Crippen molar-refractivity contribution in [3.05, 3.63) is 30.0 Å². The van der Waals surface area contributed by atoms with Gasteiger partial charge in [0.1, 0.15) is 0 Å². The van der Waals surface area contributed by atoms with Crippen LogP contribution < -0.4 is 10.2 Å². The van der Waals surface area contributed by atoms with Crippen molar-refractivity contribution in [2.45, 2.75) is 6.92 Å². The number of pyridine rings is 1. The van der Waals surface area contributed by atoms with Gasteiger partial charge in [-0.05, 0) is 13.0 Å². The number of anilines is 2. The summed E-state index contributed by atoms with van der Waals surface area (Å²) in [4.78, 5) is 6.73.